The standard InChI is InChI=1S/C20H23N3O4/c1-14-20(25)23(17-4-2-3-5-18(17)27-14)12-10-19(24)22-15-6-8-16(9-7-15)26-13-11-21/h2-9,14H,10-13,21H2,1H3,(H,22,24). The van der Waals surface area contributed by atoms with E-state index in [0.29, 0.717) is 36.0 Å². The number of benzene rings is 2. The van der Waals surface area contributed by atoms with Crippen molar-refractivity contribution in [3.05, 3.63) is 48.5 Å². The Morgan fingerprint density at radius 3 is 2.70 bits per heavy atom. The highest BCUT2D eigenvalue weighted by Crippen LogP contribution is 2.33. The number of hydrogen-bond donors (Lipinski definition) is 2. The van der Waals surface area contributed by atoms with E-state index in [1.165, 1.54) is 0 Å². The lowest BCUT2D eigenvalue weighted by Gasteiger charge is -2.32. The summed E-state index contributed by atoms with van der Waals surface area (Å²) in [5.41, 5.74) is 6.76. The Bertz CT molecular complexity index is 807. The van der Waals surface area contributed by atoms with Crippen molar-refractivity contribution in [1.82, 2.24) is 0 Å². The van der Waals surface area contributed by atoms with Gasteiger partial charge < -0.3 is 25.4 Å². The fourth-order valence-electron chi connectivity index (χ4n) is 2.84. The number of ether oxygens (including phenoxy) is 2. The Morgan fingerprint density at radius 2 is 1.96 bits per heavy atom. The van der Waals surface area contributed by atoms with Gasteiger partial charge in [-0.25, -0.2) is 0 Å². The number of anilines is 2. The van der Waals surface area contributed by atoms with Crippen LogP contribution in [0.25, 0.3) is 0 Å². The second-order valence-corrected chi connectivity index (χ2v) is 6.18. The summed E-state index contributed by atoms with van der Waals surface area (Å²) in [5, 5.41) is 2.83. The maximum absolute atomic E-state index is 12.4. The molecule has 7 nitrogen and oxygen atoms in total. The minimum atomic E-state index is -0.566. The summed E-state index contributed by atoms with van der Waals surface area (Å²) in [4.78, 5) is 26.3. The average Bonchev–Trinajstić information content (AvgIpc) is 2.68. The topological polar surface area (TPSA) is 93.9 Å². The molecule has 0 bridgehead atoms. The van der Waals surface area contributed by atoms with Crippen molar-refractivity contribution in [3.63, 3.8) is 0 Å². The summed E-state index contributed by atoms with van der Waals surface area (Å²) < 4.78 is 11.0. The number of nitrogens with zero attached hydrogens (tertiary/aromatic N) is 1. The highest BCUT2D eigenvalue weighted by Gasteiger charge is 2.31. The highest BCUT2D eigenvalue weighted by molar-refractivity contribution is 6.00. The highest BCUT2D eigenvalue weighted by atomic mass is 16.5. The number of carbonyl (C=O) groups excluding carboxylic acids is 2. The van der Waals surface area contributed by atoms with Crippen LogP contribution in [0.3, 0.4) is 0 Å². The molecule has 0 radical (unpaired) electrons. The first kappa shape index (κ1) is 18.7. The van der Waals surface area contributed by atoms with Crippen molar-refractivity contribution >= 4 is 23.2 Å². The first-order valence-corrected chi connectivity index (χ1v) is 8.88. The first-order chi connectivity index (χ1) is 13.1. The molecule has 2 amide bonds. The van der Waals surface area contributed by atoms with Gasteiger partial charge in [-0.2, -0.15) is 0 Å². The molecule has 0 fully saturated rings. The number of amides is 2. The van der Waals surface area contributed by atoms with Gasteiger partial charge in [0.1, 0.15) is 18.1 Å². The summed E-state index contributed by atoms with van der Waals surface area (Å²) in [6.45, 7) is 2.88. The maximum Gasteiger partial charge on any atom is 0.267 e. The molecule has 0 spiro atoms. The molecule has 1 aliphatic heterocycles. The van der Waals surface area contributed by atoms with Crippen LogP contribution in [0.2, 0.25) is 0 Å². The van der Waals surface area contributed by atoms with Gasteiger partial charge in [0.05, 0.1) is 5.69 Å². The van der Waals surface area contributed by atoms with Crippen LogP contribution in [-0.4, -0.2) is 37.6 Å². The number of nitrogens with two attached hydrogens (primary N) is 1. The van der Waals surface area contributed by atoms with Gasteiger partial charge in [0.15, 0.2) is 6.10 Å². The quantitative estimate of drug-likeness (QED) is 0.780. The van der Waals surface area contributed by atoms with Crippen molar-refractivity contribution in [3.8, 4) is 11.5 Å². The fraction of sp³-hybridized carbons (Fsp3) is 0.300. The molecule has 0 saturated carbocycles. The maximum atomic E-state index is 12.4. The van der Waals surface area contributed by atoms with Crippen molar-refractivity contribution in [2.45, 2.75) is 19.4 Å². The Morgan fingerprint density at radius 1 is 1.22 bits per heavy atom. The lowest BCUT2D eigenvalue weighted by atomic mass is 10.1. The predicted molar refractivity (Wildman–Crippen MR) is 103 cm³/mol. The second kappa shape index (κ2) is 8.55. The van der Waals surface area contributed by atoms with Crippen molar-refractivity contribution in [2.24, 2.45) is 5.73 Å². The van der Waals surface area contributed by atoms with E-state index in [2.05, 4.69) is 5.32 Å². The van der Waals surface area contributed by atoms with Gasteiger partial charge in [-0.3, -0.25) is 9.59 Å². The molecule has 0 aliphatic carbocycles. The molecule has 27 heavy (non-hydrogen) atoms. The van der Waals surface area contributed by atoms with Crippen LogP contribution in [-0.2, 0) is 9.59 Å². The minimum Gasteiger partial charge on any atom is -0.492 e. The summed E-state index contributed by atoms with van der Waals surface area (Å²) in [7, 11) is 0. The SMILES string of the molecule is CC1Oc2ccccc2N(CCC(=O)Nc2ccc(OCCN)cc2)C1=O. The largest absolute Gasteiger partial charge is 0.492 e. The Kier molecular flexibility index (Phi) is 5.93. The third kappa shape index (κ3) is 4.57. The van der Waals surface area contributed by atoms with Crippen LogP contribution in [0.1, 0.15) is 13.3 Å². The summed E-state index contributed by atoms with van der Waals surface area (Å²) in [5.74, 6) is 1.03. The summed E-state index contributed by atoms with van der Waals surface area (Å²) in [6.07, 6.45) is -0.387. The molecule has 2 aromatic rings. The summed E-state index contributed by atoms with van der Waals surface area (Å²) in [6, 6.07) is 14.4. The monoisotopic (exact) mass is 369 g/mol. The van der Waals surface area contributed by atoms with E-state index >= 15 is 0 Å². The van der Waals surface area contributed by atoms with Crippen molar-refractivity contribution < 1.29 is 19.1 Å². The molecule has 1 atom stereocenters. The van der Waals surface area contributed by atoms with E-state index in [4.69, 9.17) is 15.2 Å². The lowest BCUT2D eigenvalue weighted by Crippen LogP contribution is -2.45. The molecule has 7 heteroatoms. The van der Waals surface area contributed by atoms with Crippen LogP contribution in [0.15, 0.2) is 48.5 Å². The normalized spacial score (nSPS) is 15.7. The van der Waals surface area contributed by atoms with Gasteiger partial charge in [0, 0.05) is 25.2 Å². The number of rotatable bonds is 7. The van der Waals surface area contributed by atoms with Gasteiger partial charge >= 0.3 is 0 Å². The van der Waals surface area contributed by atoms with E-state index in [1.807, 2.05) is 24.3 Å². The van der Waals surface area contributed by atoms with Crippen LogP contribution in [0.5, 0.6) is 11.5 Å². The molecule has 0 aromatic heterocycles. The molecule has 1 unspecified atom stereocenters. The van der Waals surface area contributed by atoms with Crippen molar-refractivity contribution in [1.29, 1.82) is 0 Å². The lowest BCUT2D eigenvalue weighted by molar-refractivity contribution is -0.125. The Balaban J connectivity index is 1.58. The van der Waals surface area contributed by atoms with Crippen LogP contribution >= 0.6 is 0 Å². The van der Waals surface area contributed by atoms with E-state index in [0.717, 1.165) is 0 Å². The van der Waals surface area contributed by atoms with Crippen molar-refractivity contribution in [2.75, 3.05) is 29.9 Å². The predicted octanol–water partition coefficient (Wildman–Crippen LogP) is 2.17. The molecular weight excluding hydrogens is 346 g/mol. The molecule has 2 aromatic carbocycles. The number of nitrogens with one attached hydrogen (secondary N) is 1. The van der Waals surface area contributed by atoms with E-state index in [1.54, 1.807) is 36.1 Å². The summed E-state index contributed by atoms with van der Waals surface area (Å²) >= 11 is 0. The molecule has 1 heterocycles. The van der Waals surface area contributed by atoms with E-state index in [-0.39, 0.29) is 24.8 Å². The van der Waals surface area contributed by atoms with E-state index < -0.39 is 6.10 Å². The zero-order chi connectivity index (χ0) is 19.2. The van der Waals surface area contributed by atoms with Crippen LogP contribution < -0.4 is 25.4 Å². The number of fused-ring (bicyclic) bond motifs is 1. The number of hydrogen-bond acceptors (Lipinski definition) is 5. The van der Waals surface area contributed by atoms with Gasteiger partial charge in [-0.1, -0.05) is 12.1 Å². The molecule has 3 N–H and O–H groups in total. The smallest absolute Gasteiger partial charge is 0.267 e. The molecular formula is C20H23N3O4. The molecule has 142 valence electrons. The third-order valence-corrected chi connectivity index (χ3v) is 4.16. The Hall–Kier alpha value is -3.06. The molecule has 1 aliphatic rings. The van der Waals surface area contributed by atoms with Gasteiger partial charge in [-0.15, -0.1) is 0 Å². The molecule has 3 rings (SSSR count). The van der Waals surface area contributed by atoms with Gasteiger partial charge in [0.25, 0.3) is 5.91 Å². The zero-order valence-electron chi connectivity index (χ0n) is 15.2. The van der Waals surface area contributed by atoms with E-state index in [9.17, 15) is 9.59 Å². The zero-order valence-corrected chi connectivity index (χ0v) is 15.2. The fourth-order valence-corrected chi connectivity index (χ4v) is 2.84. The van der Waals surface area contributed by atoms with Crippen LogP contribution in [0, 0.1) is 0 Å². The second-order valence-electron chi connectivity index (χ2n) is 6.18. The number of para-hydroxylation sites is 2. The minimum absolute atomic E-state index is 0.150. The average molecular weight is 369 g/mol. The first-order valence-electron chi connectivity index (χ1n) is 8.88. The van der Waals surface area contributed by atoms with Gasteiger partial charge in [-0.05, 0) is 43.3 Å². The molecule has 0 saturated heterocycles. The number of carbonyl (C=O) groups is 2. The Labute approximate surface area is 158 Å². The van der Waals surface area contributed by atoms with Gasteiger partial charge in [0.2, 0.25) is 5.91 Å². The van der Waals surface area contributed by atoms with Crippen LogP contribution in [0.4, 0.5) is 11.4 Å². The third-order valence-electron chi connectivity index (χ3n) is 4.16.